The van der Waals surface area contributed by atoms with Crippen LogP contribution in [0.2, 0.25) is 0 Å². The first-order chi connectivity index (χ1) is 10.0. The number of halogens is 1. The van der Waals surface area contributed by atoms with Gasteiger partial charge in [-0.25, -0.2) is 13.1 Å². The minimum absolute atomic E-state index is 0.209. The number of nitrogens with zero attached hydrogens (tertiary/aromatic N) is 3. The number of benzene rings is 1. The van der Waals surface area contributed by atoms with Gasteiger partial charge >= 0.3 is 0 Å². The van der Waals surface area contributed by atoms with Gasteiger partial charge in [-0.05, 0) is 40.0 Å². The van der Waals surface area contributed by atoms with Crippen molar-refractivity contribution in [2.75, 3.05) is 6.54 Å². The number of nitrogens with one attached hydrogen (secondary N) is 1. The van der Waals surface area contributed by atoms with Crippen LogP contribution < -0.4 is 10.5 Å². The van der Waals surface area contributed by atoms with Crippen LogP contribution in [0.15, 0.2) is 40.0 Å². The Hall–Kier alpha value is -1.29. The van der Waals surface area contributed by atoms with Crippen LogP contribution in [-0.4, -0.2) is 30.0 Å². The summed E-state index contributed by atoms with van der Waals surface area (Å²) in [6, 6.07) is 4.96. The molecule has 0 aliphatic rings. The van der Waals surface area contributed by atoms with E-state index in [1.807, 2.05) is 0 Å². The number of aryl methyl sites for hydroxylation is 1. The lowest BCUT2D eigenvalue weighted by Gasteiger charge is -2.09. The lowest BCUT2D eigenvalue weighted by Crippen LogP contribution is -2.26. The van der Waals surface area contributed by atoms with Crippen molar-refractivity contribution in [2.45, 2.75) is 24.4 Å². The quantitative estimate of drug-likeness (QED) is 0.700. The fourth-order valence-electron chi connectivity index (χ4n) is 1.77. The summed E-state index contributed by atoms with van der Waals surface area (Å²) in [4.78, 5) is 0.209. The number of nitrogens with two attached hydrogens (primary N) is 1. The van der Waals surface area contributed by atoms with E-state index in [4.69, 9.17) is 5.73 Å². The molecule has 1 aromatic heterocycles. The number of rotatable bonds is 7. The molecule has 9 heteroatoms. The lowest BCUT2D eigenvalue weighted by molar-refractivity contribution is 0.542. The highest BCUT2D eigenvalue weighted by Crippen LogP contribution is 2.23. The molecule has 0 bridgehead atoms. The average Bonchev–Trinajstić information content (AvgIpc) is 2.96. The van der Waals surface area contributed by atoms with Crippen molar-refractivity contribution in [3.63, 3.8) is 0 Å². The number of sulfonamides is 1. The molecule has 0 atom stereocenters. The largest absolute Gasteiger partial charge is 0.326 e. The molecule has 0 spiro atoms. The third-order valence-corrected chi connectivity index (χ3v) is 5.29. The first kappa shape index (κ1) is 16.1. The molecule has 21 heavy (non-hydrogen) atoms. The van der Waals surface area contributed by atoms with Crippen molar-refractivity contribution in [3.8, 4) is 0 Å². The van der Waals surface area contributed by atoms with Crippen LogP contribution in [0.25, 0.3) is 0 Å². The maximum absolute atomic E-state index is 12.2. The van der Waals surface area contributed by atoms with E-state index in [1.54, 1.807) is 35.3 Å². The maximum atomic E-state index is 12.2. The molecule has 1 aromatic carbocycles. The summed E-state index contributed by atoms with van der Waals surface area (Å²) >= 11 is 3.27. The van der Waals surface area contributed by atoms with E-state index in [0.717, 1.165) is 5.56 Å². The maximum Gasteiger partial charge on any atom is 0.241 e. The summed E-state index contributed by atoms with van der Waals surface area (Å²) in [6.07, 6.45) is 3.94. The second-order valence-electron chi connectivity index (χ2n) is 4.39. The Labute approximate surface area is 131 Å². The molecule has 0 fully saturated rings. The zero-order valence-corrected chi connectivity index (χ0v) is 13.6. The monoisotopic (exact) mass is 373 g/mol. The molecule has 2 aromatic rings. The Morgan fingerprint density at radius 2 is 2.19 bits per heavy atom. The summed E-state index contributed by atoms with van der Waals surface area (Å²) in [5.41, 5.74) is 6.39. The summed E-state index contributed by atoms with van der Waals surface area (Å²) in [5.74, 6) is 0. The molecule has 0 amide bonds. The SMILES string of the molecule is NCc1ccc(S(=O)(=O)NCCCn2ccnn2)c(Br)c1. The first-order valence-corrected chi connectivity index (χ1v) is 8.63. The Bertz CT molecular complexity index is 688. The van der Waals surface area contributed by atoms with Gasteiger partial charge in [0.2, 0.25) is 10.0 Å². The Balaban J connectivity index is 1.95. The summed E-state index contributed by atoms with van der Waals surface area (Å²) in [7, 11) is -3.54. The Morgan fingerprint density at radius 1 is 1.38 bits per heavy atom. The minimum atomic E-state index is -3.54. The van der Waals surface area contributed by atoms with Crippen LogP contribution in [0, 0.1) is 0 Å². The minimum Gasteiger partial charge on any atom is -0.326 e. The second-order valence-corrected chi connectivity index (χ2v) is 6.98. The van der Waals surface area contributed by atoms with E-state index in [9.17, 15) is 8.42 Å². The molecule has 0 aliphatic carbocycles. The van der Waals surface area contributed by atoms with Crippen molar-refractivity contribution < 1.29 is 8.42 Å². The first-order valence-electron chi connectivity index (χ1n) is 6.35. The third kappa shape index (κ3) is 4.34. The van der Waals surface area contributed by atoms with Crippen LogP contribution in [0.3, 0.4) is 0 Å². The molecular weight excluding hydrogens is 358 g/mol. The van der Waals surface area contributed by atoms with Gasteiger partial charge in [0.05, 0.1) is 11.1 Å². The molecule has 1 heterocycles. The second kappa shape index (κ2) is 7.12. The summed E-state index contributed by atoms with van der Waals surface area (Å²) in [6.45, 7) is 1.30. The molecule has 3 N–H and O–H groups in total. The molecule has 7 nitrogen and oxygen atoms in total. The van der Waals surface area contributed by atoms with Crippen molar-refractivity contribution in [3.05, 3.63) is 40.6 Å². The highest BCUT2D eigenvalue weighted by atomic mass is 79.9. The van der Waals surface area contributed by atoms with Gasteiger partial charge in [0.15, 0.2) is 0 Å². The van der Waals surface area contributed by atoms with Gasteiger partial charge in [-0.15, -0.1) is 5.10 Å². The molecular formula is C12H16BrN5O2S. The Kier molecular flexibility index (Phi) is 5.45. The van der Waals surface area contributed by atoms with Gasteiger partial charge in [-0.3, -0.25) is 4.68 Å². The van der Waals surface area contributed by atoms with Crippen LogP contribution >= 0.6 is 15.9 Å². The Morgan fingerprint density at radius 3 is 2.81 bits per heavy atom. The number of hydrogen-bond acceptors (Lipinski definition) is 5. The zero-order valence-electron chi connectivity index (χ0n) is 11.2. The van der Waals surface area contributed by atoms with E-state index in [1.165, 1.54) is 0 Å². The number of hydrogen-bond donors (Lipinski definition) is 2. The normalized spacial score (nSPS) is 11.7. The van der Waals surface area contributed by atoms with Gasteiger partial charge < -0.3 is 5.73 Å². The van der Waals surface area contributed by atoms with E-state index >= 15 is 0 Å². The van der Waals surface area contributed by atoms with Gasteiger partial charge in [0.25, 0.3) is 0 Å². The van der Waals surface area contributed by atoms with Crippen LogP contribution in [0.4, 0.5) is 0 Å². The van der Waals surface area contributed by atoms with Gasteiger partial charge in [0, 0.05) is 30.3 Å². The van der Waals surface area contributed by atoms with Crippen molar-refractivity contribution in [2.24, 2.45) is 5.73 Å². The van der Waals surface area contributed by atoms with Crippen molar-refractivity contribution >= 4 is 26.0 Å². The van der Waals surface area contributed by atoms with Crippen LogP contribution in [-0.2, 0) is 23.1 Å². The van der Waals surface area contributed by atoms with E-state index in [0.29, 0.717) is 30.5 Å². The number of aromatic nitrogens is 3. The smallest absolute Gasteiger partial charge is 0.241 e. The predicted octanol–water partition coefficient (Wildman–Crippen LogP) is 0.868. The third-order valence-electron chi connectivity index (χ3n) is 2.85. The van der Waals surface area contributed by atoms with Crippen molar-refractivity contribution in [1.82, 2.24) is 19.7 Å². The van der Waals surface area contributed by atoms with E-state index < -0.39 is 10.0 Å². The molecule has 0 aliphatic heterocycles. The predicted molar refractivity (Wildman–Crippen MR) is 81.9 cm³/mol. The fraction of sp³-hybridized carbons (Fsp3) is 0.333. The highest BCUT2D eigenvalue weighted by molar-refractivity contribution is 9.10. The zero-order chi connectivity index (χ0) is 15.3. The van der Waals surface area contributed by atoms with Gasteiger partial charge in [-0.1, -0.05) is 11.3 Å². The van der Waals surface area contributed by atoms with Crippen LogP contribution in [0.5, 0.6) is 0 Å². The van der Waals surface area contributed by atoms with E-state index in [2.05, 4.69) is 31.0 Å². The molecule has 0 radical (unpaired) electrons. The molecule has 114 valence electrons. The fourth-order valence-corrected chi connectivity index (χ4v) is 3.96. The van der Waals surface area contributed by atoms with Crippen molar-refractivity contribution in [1.29, 1.82) is 0 Å². The molecule has 0 unspecified atom stereocenters. The summed E-state index contributed by atoms with van der Waals surface area (Å²) < 4.78 is 29.1. The molecule has 0 saturated heterocycles. The van der Waals surface area contributed by atoms with Crippen LogP contribution in [0.1, 0.15) is 12.0 Å². The average molecular weight is 374 g/mol. The van der Waals surface area contributed by atoms with Gasteiger partial charge in [0.1, 0.15) is 0 Å². The van der Waals surface area contributed by atoms with E-state index in [-0.39, 0.29) is 4.90 Å². The summed E-state index contributed by atoms with van der Waals surface area (Å²) in [5, 5.41) is 7.49. The highest BCUT2D eigenvalue weighted by Gasteiger charge is 2.17. The lowest BCUT2D eigenvalue weighted by atomic mass is 10.2. The molecule has 0 saturated carbocycles. The standard InChI is InChI=1S/C12H16BrN5O2S/c13-11-8-10(9-14)2-3-12(11)21(19,20)16-4-1-6-18-7-5-15-17-18/h2-3,5,7-8,16H,1,4,6,9,14H2. The molecule has 2 rings (SSSR count). The topological polar surface area (TPSA) is 103 Å². The van der Waals surface area contributed by atoms with Gasteiger partial charge in [-0.2, -0.15) is 0 Å².